The van der Waals surface area contributed by atoms with E-state index < -0.39 is 0 Å². The minimum Gasteiger partial charge on any atom is -0.334 e. The second-order valence-electron chi connectivity index (χ2n) is 4.76. The maximum absolute atomic E-state index is 12.2. The van der Waals surface area contributed by atoms with E-state index in [0.29, 0.717) is 6.42 Å². The van der Waals surface area contributed by atoms with Gasteiger partial charge in [0.1, 0.15) is 0 Å². The molecule has 0 aromatic carbocycles. The number of carbonyl (C=O) groups is 1. The number of halogens is 1. The highest BCUT2D eigenvalue weighted by Crippen LogP contribution is 2.36. The lowest BCUT2D eigenvalue weighted by atomic mass is 9.98. The molecule has 2 unspecified atom stereocenters. The molecule has 1 aliphatic heterocycles. The Morgan fingerprint density at radius 1 is 1.56 bits per heavy atom. The summed E-state index contributed by atoms with van der Waals surface area (Å²) < 4.78 is 1.07. The molecule has 5 heteroatoms. The Kier molecular flexibility index (Phi) is 4.81. The Hall–Kier alpha value is -0.390. The maximum Gasteiger partial charge on any atom is 0.223 e. The van der Waals surface area contributed by atoms with Crippen LogP contribution in [-0.4, -0.2) is 23.4 Å². The van der Waals surface area contributed by atoms with Gasteiger partial charge in [0.05, 0.1) is 6.04 Å². The summed E-state index contributed by atoms with van der Waals surface area (Å²) in [6, 6.07) is 0.0643. The smallest absolute Gasteiger partial charge is 0.223 e. The van der Waals surface area contributed by atoms with Gasteiger partial charge in [0.2, 0.25) is 5.91 Å². The van der Waals surface area contributed by atoms with Gasteiger partial charge < -0.3 is 10.6 Å². The highest BCUT2D eigenvalue weighted by molar-refractivity contribution is 9.10. The normalized spacial score (nSPS) is 25.3. The Balaban J connectivity index is 2.36. The molecule has 1 fully saturated rings. The quantitative estimate of drug-likeness (QED) is 0.924. The number of hydrogen-bond donors (Lipinski definition) is 1. The Morgan fingerprint density at radius 3 is 2.94 bits per heavy atom. The van der Waals surface area contributed by atoms with E-state index in [0.717, 1.165) is 35.8 Å². The van der Waals surface area contributed by atoms with E-state index in [-0.39, 0.29) is 18.0 Å². The first-order chi connectivity index (χ1) is 8.65. The number of thiophene rings is 1. The minimum atomic E-state index is 0.0283. The average Bonchev–Trinajstić information content (AvgIpc) is 2.69. The summed E-state index contributed by atoms with van der Waals surface area (Å²) in [5.41, 5.74) is 7.48. The molecule has 0 saturated carbocycles. The fourth-order valence-electron chi connectivity index (χ4n) is 2.58. The molecule has 1 aromatic heterocycles. The lowest BCUT2D eigenvalue weighted by Gasteiger charge is -2.33. The summed E-state index contributed by atoms with van der Waals surface area (Å²) in [5, 5.41) is 4.16. The van der Waals surface area contributed by atoms with Gasteiger partial charge in [-0.3, -0.25) is 4.79 Å². The molecule has 0 spiro atoms. The molecule has 1 amide bonds. The van der Waals surface area contributed by atoms with Crippen molar-refractivity contribution in [2.75, 3.05) is 6.54 Å². The van der Waals surface area contributed by atoms with Gasteiger partial charge in [0.15, 0.2) is 0 Å². The second kappa shape index (κ2) is 6.17. The molecule has 0 aliphatic carbocycles. The van der Waals surface area contributed by atoms with Crippen molar-refractivity contribution in [1.82, 2.24) is 4.90 Å². The van der Waals surface area contributed by atoms with Crippen LogP contribution in [0.15, 0.2) is 15.2 Å². The van der Waals surface area contributed by atoms with Gasteiger partial charge in [0, 0.05) is 34.4 Å². The third kappa shape index (κ3) is 2.78. The van der Waals surface area contributed by atoms with E-state index in [4.69, 9.17) is 5.73 Å². The van der Waals surface area contributed by atoms with E-state index in [1.807, 2.05) is 4.90 Å². The van der Waals surface area contributed by atoms with Crippen molar-refractivity contribution >= 4 is 33.2 Å². The Bertz CT molecular complexity index is 421. The largest absolute Gasteiger partial charge is 0.334 e. The molecular formula is C13H19BrN2OS. The van der Waals surface area contributed by atoms with Crippen LogP contribution in [0.25, 0.3) is 0 Å². The standard InChI is InChI=1S/C13H19BrN2OS/c1-2-6-16-12(17)5-3-4-11(15)13(16)9-7-18-8-10(9)14/h7-8,11,13H,2-6,15H2,1H3. The summed E-state index contributed by atoms with van der Waals surface area (Å²) >= 11 is 5.22. The molecule has 1 aromatic rings. The van der Waals surface area contributed by atoms with Crippen LogP contribution >= 0.6 is 27.3 Å². The van der Waals surface area contributed by atoms with Gasteiger partial charge in [-0.1, -0.05) is 6.92 Å². The van der Waals surface area contributed by atoms with Crippen LogP contribution in [0, 0.1) is 0 Å². The van der Waals surface area contributed by atoms with Gasteiger partial charge in [-0.2, -0.15) is 11.3 Å². The van der Waals surface area contributed by atoms with E-state index in [1.54, 1.807) is 11.3 Å². The number of amides is 1. The van der Waals surface area contributed by atoms with E-state index in [2.05, 4.69) is 33.6 Å². The third-order valence-electron chi connectivity index (χ3n) is 3.42. The molecule has 1 saturated heterocycles. The first kappa shape index (κ1) is 14.0. The van der Waals surface area contributed by atoms with Gasteiger partial charge in [-0.15, -0.1) is 0 Å². The number of nitrogens with zero attached hydrogens (tertiary/aromatic N) is 1. The van der Waals surface area contributed by atoms with Crippen LogP contribution in [0.4, 0.5) is 0 Å². The zero-order valence-electron chi connectivity index (χ0n) is 10.6. The van der Waals surface area contributed by atoms with Crippen molar-refractivity contribution in [2.45, 2.75) is 44.7 Å². The van der Waals surface area contributed by atoms with Crippen molar-refractivity contribution in [3.05, 3.63) is 20.8 Å². The highest BCUT2D eigenvalue weighted by Gasteiger charge is 2.33. The predicted molar refractivity (Wildman–Crippen MR) is 78.6 cm³/mol. The number of nitrogens with two attached hydrogens (primary N) is 1. The molecule has 3 nitrogen and oxygen atoms in total. The molecular weight excluding hydrogens is 312 g/mol. The predicted octanol–water partition coefficient (Wildman–Crippen LogP) is 3.30. The van der Waals surface area contributed by atoms with Crippen molar-refractivity contribution in [1.29, 1.82) is 0 Å². The summed E-state index contributed by atoms with van der Waals surface area (Å²) in [5.74, 6) is 0.243. The van der Waals surface area contributed by atoms with E-state index in [9.17, 15) is 4.79 Å². The van der Waals surface area contributed by atoms with Crippen LogP contribution < -0.4 is 5.73 Å². The number of likely N-dealkylation sites (tertiary alicyclic amines) is 1. The summed E-state index contributed by atoms with van der Waals surface area (Å²) in [4.78, 5) is 14.2. The zero-order chi connectivity index (χ0) is 13.1. The fraction of sp³-hybridized carbons (Fsp3) is 0.615. The van der Waals surface area contributed by atoms with Crippen molar-refractivity contribution < 1.29 is 4.79 Å². The number of rotatable bonds is 3. The van der Waals surface area contributed by atoms with Crippen LogP contribution in [0.3, 0.4) is 0 Å². The minimum absolute atomic E-state index is 0.0283. The first-order valence-corrected chi connectivity index (χ1v) is 8.15. The van der Waals surface area contributed by atoms with Gasteiger partial charge in [-0.25, -0.2) is 0 Å². The van der Waals surface area contributed by atoms with Gasteiger partial charge in [0.25, 0.3) is 0 Å². The molecule has 2 heterocycles. The maximum atomic E-state index is 12.2. The highest BCUT2D eigenvalue weighted by atomic mass is 79.9. The van der Waals surface area contributed by atoms with Crippen LogP contribution in [-0.2, 0) is 4.79 Å². The lowest BCUT2D eigenvalue weighted by Crippen LogP contribution is -2.42. The van der Waals surface area contributed by atoms with E-state index in [1.165, 1.54) is 0 Å². The second-order valence-corrected chi connectivity index (χ2v) is 6.36. The molecule has 2 atom stereocenters. The average molecular weight is 331 g/mol. The molecule has 100 valence electrons. The van der Waals surface area contributed by atoms with Crippen LogP contribution in [0.2, 0.25) is 0 Å². The molecule has 2 rings (SSSR count). The lowest BCUT2D eigenvalue weighted by molar-refractivity contribution is -0.133. The Morgan fingerprint density at radius 2 is 2.33 bits per heavy atom. The summed E-state index contributed by atoms with van der Waals surface area (Å²) in [7, 11) is 0. The van der Waals surface area contributed by atoms with Crippen LogP contribution in [0.5, 0.6) is 0 Å². The number of carbonyl (C=O) groups excluding carboxylic acids is 1. The molecule has 0 radical (unpaired) electrons. The van der Waals surface area contributed by atoms with Crippen LogP contribution in [0.1, 0.15) is 44.2 Å². The molecule has 0 bridgehead atoms. The van der Waals surface area contributed by atoms with Gasteiger partial charge in [-0.05, 0) is 40.6 Å². The Labute approximate surface area is 120 Å². The van der Waals surface area contributed by atoms with Crippen molar-refractivity contribution in [3.63, 3.8) is 0 Å². The molecule has 18 heavy (non-hydrogen) atoms. The summed E-state index contributed by atoms with van der Waals surface area (Å²) in [6.45, 7) is 2.89. The summed E-state index contributed by atoms with van der Waals surface area (Å²) in [6.07, 6.45) is 3.42. The van der Waals surface area contributed by atoms with E-state index >= 15 is 0 Å². The fourth-order valence-corrected chi connectivity index (χ4v) is 4.14. The van der Waals surface area contributed by atoms with Gasteiger partial charge >= 0.3 is 0 Å². The monoisotopic (exact) mass is 330 g/mol. The first-order valence-electron chi connectivity index (χ1n) is 6.41. The van der Waals surface area contributed by atoms with Crippen molar-refractivity contribution in [2.24, 2.45) is 5.73 Å². The molecule has 1 aliphatic rings. The van der Waals surface area contributed by atoms with Crippen molar-refractivity contribution in [3.8, 4) is 0 Å². The third-order valence-corrected chi connectivity index (χ3v) is 5.17. The number of hydrogen-bond acceptors (Lipinski definition) is 3. The molecule has 2 N–H and O–H groups in total. The topological polar surface area (TPSA) is 46.3 Å². The zero-order valence-corrected chi connectivity index (χ0v) is 13.0. The SMILES string of the molecule is CCCN1C(=O)CCCC(N)C1c1cscc1Br.